The molecule has 5 rings (SSSR count). The molecule has 3 unspecified atom stereocenters. The maximum absolute atomic E-state index is 11.2. The Morgan fingerprint density at radius 2 is 2.03 bits per heavy atom. The fraction of sp³-hybridized carbons (Fsp3) is 0.450. The fourth-order valence-electron chi connectivity index (χ4n) is 4.44. The van der Waals surface area contributed by atoms with E-state index in [1.165, 1.54) is 6.42 Å². The maximum atomic E-state index is 11.2. The number of nitrogens with zero attached hydrogens (tertiary/aromatic N) is 2. The highest BCUT2D eigenvalue weighted by Crippen LogP contribution is 2.42. The molecule has 3 saturated heterocycles. The van der Waals surface area contributed by atoms with Gasteiger partial charge in [0, 0.05) is 24.2 Å². The van der Waals surface area contributed by atoms with E-state index in [4.69, 9.17) is 22.3 Å². The van der Waals surface area contributed by atoms with Crippen molar-refractivity contribution in [3.8, 4) is 5.75 Å². The zero-order chi connectivity index (χ0) is 21.2. The number of fused-ring (bicyclic) bond motifs is 4. The molecule has 10 heteroatoms. The van der Waals surface area contributed by atoms with E-state index >= 15 is 0 Å². The molecule has 5 atom stereocenters. The first-order valence-corrected chi connectivity index (χ1v) is 10.8. The quantitative estimate of drug-likeness (QED) is 0.480. The van der Waals surface area contributed by atoms with Gasteiger partial charge in [-0.15, -0.1) is 6.58 Å². The lowest BCUT2D eigenvalue weighted by molar-refractivity contribution is -0.0444. The predicted molar refractivity (Wildman–Crippen MR) is 113 cm³/mol. The van der Waals surface area contributed by atoms with Crippen molar-refractivity contribution in [3.05, 3.63) is 48.7 Å². The zero-order valence-electron chi connectivity index (χ0n) is 16.7. The highest BCUT2D eigenvalue weighted by Gasteiger charge is 2.42. The molecule has 0 aliphatic carbocycles. The Bertz CT molecular complexity index is 974. The number of aromatic nitrogens is 1. The van der Waals surface area contributed by atoms with Crippen LogP contribution in [0.3, 0.4) is 0 Å². The Labute approximate surface area is 175 Å². The Balaban J connectivity index is 0.000000482. The molecule has 1 aromatic heterocycles. The van der Waals surface area contributed by atoms with Gasteiger partial charge in [-0.25, -0.2) is 0 Å². The van der Waals surface area contributed by atoms with E-state index in [0.29, 0.717) is 11.8 Å². The summed E-state index contributed by atoms with van der Waals surface area (Å²) in [7, 11) is -3.01. The number of rotatable bonds is 4. The maximum Gasteiger partial charge on any atom is 0.394 e. The predicted octanol–water partition coefficient (Wildman–Crippen LogP) is 1.70. The van der Waals surface area contributed by atoms with Crippen LogP contribution in [0.4, 0.5) is 0 Å². The number of hydrogen-bond donors (Lipinski definition) is 3. The van der Waals surface area contributed by atoms with Crippen molar-refractivity contribution in [3.63, 3.8) is 0 Å². The van der Waals surface area contributed by atoms with Crippen molar-refractivity contribution in [1.29, 1.82) is 0 Å². The molecule has 2 aromatic rings. The van der Waals surface area contributed by atoms with Gasteiger partial charge in [0.2, 0.25) is 0 Å². The van der Waals surface area contributed by atoms with Gasteiger partial charge in [0.25, 0.3) is 0 Å². The van der Waals surface area contributed by atoms with Gasteiger partial charge < -0.3 is 15.3 Å². The van der Waals surface area contributed by atoms with Crippen LogP contribution in [-0.2, 0) is 10.4 Å². The van der Waals surface area contributed by atoms with Gasteiger partial charge in [-0.3, -0.25) is 19.0 Å². The summed E-state index contributed by atoms with van der Waals surface area (Å²) < 4.78 is 36.9. The van der Waals surface area contributed by atoms with E-state index in [-0.39, 0.29) is 11.5 Å². The van der Waals surface area contributed by atoms with E-state index in [1.807, 2.05) is 24.3 Å². The third-order valence-electron chi connectivity index (χ3n) is 5.82. The van der Waals surface area contributed by atoms with E-state index in [9.17, 15) is 5.11 Å². The second kappa shape index (κ2) is 9.82. The number of pyridine rings is 1. The topological polar surface area (TPSA) is 152 Å². The molecule has 166 valence electrons. The second-order valence-corrected chi connectivity index (χ2v) is 8.32. The van der Waals surface area contributed by atoms with Gasteiger partial charge >= 0.3 is 10.4 Å². The minimum Gasteiger partial charge on any atom is -0.497 e. The number of methoxy groups -OCH3 is 1. The van der Waals surface area contributed by atoms with E-state index < -0.39 is 16.5 Å². The van der Waals surface area contributed by atoms with Crippen LogP contribution in [0.25, 0.3) is 10.9 Å². The molecule has 0 saturated carbocycles. The Hall–Kier alpha value is -2.08. The Morgan fingerprint density at radius 3 is 2.60 bits per heavy atom. The average Bonchev–Trinajstić information content (AvgIpc) is 2.71. The number of hydrogen-bond acceptors (Lipinski definition) is 6. The minimum absolute atomic E-state index is 0. The third kappa shape index (κ3) is 5.54. The zero-order valence-corrected chi connectivity index (χ0v) is 17.5. The number of piperidine rings is 3. The smallest absolute Gasteiger partial charge is 0.394 e. The first kappa shape index (κ1) is 24.2. The van der Waals surface area contributed by atoms with Gasteiger partial charge in [-0.1, -0.05) is 6.08 Å². The largest absolute Gasteiger partial charge is 0.497 e. The molecule has 4 heterocycles. The molecule has 3 aliphatic rings. The van der Waals surface area contributed by atoms with E-state index in [1.54, 1.807) is 13.3 Å². The van der Waals surface area contributed by atoms with E-state index in [0.717, 1.165) is 41.7 Å². The lowest BCUT2D eigenvalue weighted by atomic mass is 9.73. The molecular formula is C20H28N2O7S. The molecule has 9 nitrogen and oxygen atoms in total. The van der Waals surface area contributed by atoms with Gasteiger partial charge in [-0.05, 0) is 61.1 Å². The number of aliphatic hydroxyl groups is 1. The summed E-state index contributed by atoms with van der Waals surface area (Å²) in [5.41, 5.74) is 1.85. The lowest BCUT2D eigenvalue weighted by Gasteiger charge is -2.50. The van der Waals surface area contributed by atoms with Crippen molar-refractivity contribution in [2.24, 2.45) is 11.8 Å². The van der Waals surface area contributed by atoms with Gasteiger partial charge in [0.15, 0.2) is 0 Å². The Morgan fingerprint density at radius 1 is 1.33 bits per heavy atom. The Kier molecular flexibility index (Phi) is 7.92. The molecule has 0 amide bonds. The summed E-state index contributed by atoms with van der Waals surface area (Å²) in [5, 5.41) is 12.1. The van der Waals surface area contributed by atoms with Crippen molar-refractivity contribution < 1.29 is 32.8 Å². The van der Waals surface area contributed by atoms with Crippen LogP contribution in [-0.4, -0.2) is 64.2 Å². The highest BCUT2D eigenvalue weighted by molar-refractivity contribution is 7.79. The standard InChI is InChI=1S/C20H24N2O2.H2O4S.H2O/c1-3-13-12-22-9-7-14(13)10-19(22)20(23)16-6-8-21-18-5-4-15(24-2)11-17(16)18;1-5(2,3)4;/h3-6,8,11,13-14,19-20,23H,1,7,9-10,12H2,2H3;(H2,1,2,3,4);1H2/t13-,14?,19-,20?;;/m1../s1. The van der Waals surface area contributed by atoms with Crippen LogP contribution in [0.5, 0.6) is 5.75 Å². The molecule has 5 N–H and O–H groups in total. The lowest BCUT2D eigenvalue weighted by Crippen LogP contribution is -2.54. The fourth-order valence-corrected chi connectivity index (χ4v) is 4.44. The van der Waals surface area contributed by atoms with Crippen LogP contribution in [0.2, 0.25) is 0 Å². The number of benzene rings is 1. The summed E-state index contributed by atoms with van der Waals surface area (Å²) in [6.45, 7) is 6.07. The normalized spacial score (nSPS) is 26.1. The monoisotopic (exact) mass is 440 g/mol. The molecule has 2 bridgehead atoms. The van der Waals surface area contributed by atoms with Crippen LogP contribution in [0, 0.1) is 11.8 Å². The van der Waals surface area contributed by atoms with Gasteiger partial charge in [0.05, 0.1) is 18.7 Å². The molecular weight excluding hydrogens is 412 g/mol. The molecule has 0 radical (unpaired) electrons. The second-order valence-electron chi connectivity index (χ2n) is 7.42. The molecule has 30 heavy (non-hydrogen) atoms. The van der Waals surface area contributed by atoms with Crippen molar-refractivity contribution in [2.75, 3.05) is 20.2 Å². The SMILES string of the molecule is C=C[C@@H]1CN2CCC1C[C@@H]2C(O)c1ccnc2ccc(OC)cc12.O.O=S(=O)(O)O. The van der Waals surface area contributed by atoms with Gasteiger partial charge in [-0.2, -0.15) is 8.42 Å². The summed E-state index contributed by atoms with van der Waals surface area (Å²) in [5.74, 6) is 2.01. The first-order valence-electron chi connectivity index (χ1n) is 9.38. The van der Waals surface area contributed by atoms with Crippen molar-refractivity contribution in [2.45, 2.75) is 25.0 Å². The van der Waals surface area contributed by atoms with Crippen molar-refractivity contribution >= 4 is 21.3 Å². The van der Waals surface area contributed by atoms with E-state index in [2.05, 4.69) is 22.5 Å². The summed E-state index contributed by atoms with van der Waals surface area (Å²) in [4.78, 5) is 6.86. The summed E-state index contributed by atoms with van der Waals surface area (Å²) in [6, 6.07) is 7.96. The first-order chi connectivity index (χ1) is 13.7. The number of ether oxygens (including phenoxy) is 1. The van der Waals surface area contributed by atoms with Crippen LogP contribution in [0.15, 0.2) is 43.1 Å². The van der Waals surface area contributed by atoms with Gasteiger partial charge in [0.1, 0.15) is 5.75 Å². The van der Waals surface area contributed by atoms with Crippen LogP contribution in [0.1, 0.15) is 24.5 Å². The van der Waals surface area contributed by atoms with Crippen molar-refractivity contribution in [1.82, 2.24) is 9.88 Å². The summed E-state index contributed by atoms with van der Waals surface area (Å²) in [6.07, 6.45) is 5.62. The summed E-state index contributed by atoms with van der Waals surface area (Å²) >= 11 is 0. The minimum atomic E-state index is -4.67. The van der Waals surface area contributed by atoms with Crippen LogP contribution < -0.4 is 4.74 Å². The average molecular weight is 441 g/mol. The third-order valence-corrected chi connectivity index (χ3v) is 5.82. The molecule has 3 aliphatic heterocycles. The molecule has 1 aromatic carbocycles. The molecule has 3 fully saturated rings. The molecule has 0 spiro atoms. The number of aliphatic hydroxyl groups excluding tert-OH is 1. The van der Waals surface area contributed by atoms with Crippen LogP contribution >= 0.6 is 0 Å². The highest BCUT2D eigenvalue weighted by atomic mass is 32.3.